The van der Waals surface area contributed by atoms with Crippen LogP contribution in [-0.4, -0.2) is 23.3 Å². The topological polar surface area (TPSA) is 74.2 Å². The first kappa shape index (κ1) is 14.7. The molecule has 0 saturated heterocycles. The maximum absolute atomic E-state index is 5.85. The molecule has 0 saturated carbocycles. The number of ether oxygens (including phenoxy) is 1. The van der Waals surface area contributed by atoms with Gasteiger partial charge in [-0.3, -0.25) is 0 Å². The van der Waals surface area contributed by atoms with Crippen LogP contribution in [0.2, 0.25) is 0 Å². The summed E-state index contributed by atoms with van der Waals surface area (Å²) >= 11 is 0. The van der Waals surface area contributed by atoms with E-state index >= 15 is 0 Å². The van der Waals surface area contributed by atoms with Gasteiger partial charge in [0.25, 0.3) is 0 Å². The fourth-order valence-electron chi connectivity index (χ4n) is 2.11. The number of benzene rings is 1. The highest BCUT2D eigenvalue weighted by Crippen LogP contribution is 2.26. The monoisotopic (exact) mass is 275 g/mol. The molecule has 0 fully saturated rings. The number of hydrogen-bond acceptors (Lipinski definition) is 5. The molecule has 0 radical (unpaired) electrons. The Bertz CT molecular complexity index is 537. The Hall–Kier alpha value is -1.72. The van der Waals surface area contributed by atoms with E-state index in [9.17, 15) is 0 Å². The summed E-state index contributed by atoms with van der Waals surface area (Å²) in [5.41, 5.74) is 6.36. The second-order valence-electron chi connectivity index (χ2n) is 5.10. The van der Waals surface area contributed by atoms with Gasteiger partial charge in [-0.1, -0.05) is 35.5 Å². The standard InChI is InChI=1S/C15H21N3O2/c1-4-19-15(2,3)14-17-13(20-18-14)12(10-16)11-8-6-5-7-9-11/h5-9,12H,4,10,16H2,1-3H3. The van der Waals surface area contributed by atoms with E-state index in [-0.39, 0.29) is 5.92 Å². The van der Waals surface area contributed by atoms with E-state index in [0.717, 1.165) is 5.56 Å². The van der Waals surface area contributed by atoms with E-state index < -0.39 is 5.60 Å². The molecule has 1 aromatic heterocycles. The van der Waals surface area contributed by atoms with Gasteiger partial charge in [0.15, 0.2) is 0 Å². The molecule has 0 aliphatic heterocycles. The molecule has 0 aliphatic rings. The van der Waals surface area contributed by atoms with Gasteiger partial charge in [0.2, 0.25) is 11.7 Å². The van der Waals surface area contributed by atoms with Crippen molar-refractivity contribution in [3.05, 3.63) is 47.6 Å². The van der Waals surface area contributed by atoms with Crippen molar-refractivity contribution in [3.8, 4) is 0 Å². The van der Waals surface area contributed by atoms with Crippen molar-refractivity contribution in [3.63, 3.8) is 0 Å². The summed E-state index contributed by atoms with van der Waals surface area (Å²) in [4.78, 5) is 4.47. The molecule has 2 rings (SSSR count). The number of nitrogens with two attached hydrogens (primary N) is 1. The SMILES string of the molecule is CCOC(C)(C)c1noc(C(CN)c2ccccc2)n1. The maximum atomic E-state index is 5.85. The van der Waals surface area contributed by atoms with Crippen LogP contribution < -0.4 is 5.73 Å². The van der Waals surface area contributed by atoms with Gasteiger partial charge in [-0.05, 0) is 26.3 Å². The van der Waals surface area contributed by atoms with Gasteiger partial charge in [0.05, 0.1) is 5.92 Å². The van der Waals surface area contributed by atoms with Crippen LogP contribution in [0.4, 0.5) is 0 Å². The Kier molecular flexibility index (Phi) is 4.52. The van der Waals surface area contributed by atoms with E-state index in [4.69, 9.17) is 15.0 Å². The van der Waals surface area contributed by atoms with Crippen molar-refractivity contribution in [2.75, 3.05) is 13.2 Å². The van der Waals surface area contributed by atoms with Gasteiger partial charge < -0.3 is 15.0 Å². The van der Waals surface area contributed by atoms with Crippen LogP contribution >= 0.6 is 0 Å². The van der Waals surface area contributed by atoms with E-state index in [1.165, 1.54) is 0 Å². The first-order valence-corrected chi connectivity index (χ1v) is 6.81. The molecule has 1 atom stereocenters. The average molecular weight is 275 g/mol. The van der Waals surface area contributed by atoms with Crippen molar-refractivity contribution in [2.24, 2.45) is 5.73 Å². The van der Waals surface area contributed by atoms with Crippen LogP contribution in [0.1, 0.15) is 44.0 Å². The molecule has 1 unspecified atom stereocenters. The largest absolute Gasteiger partial charge is 0.368 e. The van der Waals surface area contributed by atoms with E-state index in [0.29, 0.717) is 24.9 Å². The zero-order valence-corrected chi connectivity index (χ0v) is 12.2. The molecular formula is C15H21N3O2. The molecule has 2 aromatic rings. The molecule has 0 spiro atoms. The quantitative estimate of drug-likeness (QED) is 0.876. The molecule has 0 aliphatic carbocycles. The summed E-state index contributed by atoms with van der Waals surface area (Å²) in [5.74, 6) is 0.986. The van der Waals surface area contributed by atoms with Gasteiger partial charge in [0, 0.05) is 13.2 Å². The van der Waals surface area contributed by atoms with Crippen molar-refractivity contribution < 1.29 is 9.26 Å². The van der Waals surface area contributed by atoms with Crippen LogP contribution in [0.15, 0.2) is 34.9 Å². The third-order valence-electron chi connectivity index (χ3n) is 3.22. The molecule has 2 N–H and O–H groups in total. The third-order valence-corrected chi connectivity index (χ3v) is 3.22. The van der Waals surface area contributed by atoms with Crippen LogP contribution in [0.5, 0.6) is 0 Å². The number of hydrogen-bond donors (Lipinski definition) is 1. The van der Waals surface area contributed by atoms with Crippen molar-refractivity contribution >= 4 is 0 Å². The molecule has 0 bridgehead atoms. The predicted molar refractivity (Wildman–Crippen MR) is 76.3 cm³/mol. The lowest BCUT2D eigenvalue weighted by Gasteiger charge is -2.19. The summed E-state index contributed by atoms with van der Waals surface area (Å²) < 4.78 is 11.0. The number of rotatable bonds is 6. The summed E-state index contributed by atoms with van der Waals surface area (Å²) in [5, 5.41) is 4.03. The van der Waals surface area contributed by atoms with E-state index in [1.807, 2.05) is 51.1 Å². The van der Waals surface area contributed by atoms with Gasteiger partial charge >= 0.3 is 0 Å². The molecule has 108 valence electrons. The molecule has 0 amide bonds. The minimum absolute atomic E-state index is 0.0881. The summed E-state index contributed by atoms with van der Waals surface area (Å²) in [6, 6.07) is 9.93. The van der Waals surface area contributed by atoms with Gasteiger partial charge in [-0.25, -0.2) is 0 Å². The smallest absolute Gasteiger partial charge is 0.235 e. The maximum Gasteiger partial charge on any atom is 0.235 e. The molecule has 5 heteroatoms. The van der Waals surface area contributed by atoms with Crippen molar-refractivity contribution in [2.45, 2.75) is 32.3 Å². The van der Waals surface area contributed by atoms with Crippen LogP contribution in [0, 0.1) is 0 Å². The highest BCUT2D eigenvalue weighted by atomic mass is 16.5. The normalized spacial score (nSPS) is 13.4. The zero-order valence-electron chi connectivity index (χ0n) is 12.2. The Morgan fingerprint density at radius 3 is 2.60 bits per heavy atom. The summed E-state index contributed by atoms with van der Waals surface area (Å²) in [6.07, 6.45) is 0. The number of nitrogens with zero attached hydrogens (tertiary/aromatic N) is 2. The number of aromatic nitrogens is 2. The predicted octanol–water partition coefficient (Wildman–Crippen LogP) is 2.43. The van der Waals surface area contributed by atoms with Gasteiger partial charge in [-0.15, -0.1) is 0 Å². The molecule has 1 aromatic carbocycles. The average Bonchev–Trinajstić information content (AvgIpc) is 2.91. The zero-order chi connectivity index (χ0) is 14.6. The minimum Gasteiger partial charge on any atom is -0.368 e. The Morgan fingerprint density at radius 1 is 1.30 bits per heavy atom. The van der Waals surface area contributed by atoms with Gasteiger partial charge in [-0.2, -0.15) is 4.98 Å². The first-order chi connectivity index (χ1) is 9.58. The Morgan fingerprint density at radius 2 is 2.00 bits per heavy atom. The second-order valence-corrected chi connectivity index (χ2v) is 5.10. The fourth-order valence-corrected chi connectivity index (χ4v) is 2.11. The van der Waals surface area contributed by atoms with Crippen molar-refractivity contribution in [1.29, 1.82) is 0 Å². The van der Waals surface area contributed by atoms with Crippen LogP contribution in [-0.2, 0) is 10.3 Å². The molecule has 1 heterocycles. The second kappa shape index (κ2) is 6.15. The molecule has 5 nitrogen and oxygen atoms in total. The lowest BCUT2D eigenvalue weighted by atomic mass is 9.99. The lowest BCUT2D eigenvalue weighted by molar-refractivity contribution is -0.0221. The van der Waals surface area contributed by atoms with Crippen molar-refractivity contribution in [1.82, 2.24) is 10.1 Å². The summed E-state index contributed by atoms with van der Waals surface area (Å²) in [7, 11) is 0. The highest BCUT2D eigenvalue weighted by Gasteiger charge is 2.29. The van der Waals surface area contributed by atoms with Crippen LogP contribution in [0.25, 0.3) is 0 Å². The first-order valence-electron chi connectivity index (χ1n) is 6.81. The minimum atomic E-state index is -0.563. The Labute approximate surface area is 119 Å². The van der Waals surface area contributed by atoms with Gasteiger partial charge in [0.1, 0.15) is 5.60 Å². The van der Waals surface area contributed by atoms with Crippen LogP contribution in [0.3, 0.4) is 0 Å². The van der Waals surface area contributed by atoms with E-state index in [1.54, 1.807) is 0 Å². The Balaban J connectivity index is 2.27. The third kappa shape index (κ3) is 3.05. The summed E-state index contributed by atoms with van der Waals surface area (Å²) in [6.45, 7) is 6.79. The molecule has 20 heavy (non-hydrogen) atoms. The van der Waals surface area contributed by atoms with E-state index in [2.05, 4.69) is 10.1 Å². The highest BCUT2D eigenvalue weighted by molar-refractivity contribution is 5.25. The molecular weight excluding hydrogens is 254 g/mol. The fraction of sp³-hybridized carbons (Fsp3) is 0.467. The lowest BCUT2D eigenvalue weighted by Crippen LogP contribution is -2.23.